The van der Waals surface area contributed by atoms with Crippen LogP contribution >= 0.6 is 0 Å². The molecule has 1 N–H and O–H groups in total. The van der Waals surface area contributed by atoms with Crippen LogP contribution in [-0.2, 0) is 4.79 Å². The molecule has 2 aromatic rings. The van der Waals surface area contributed by atoms with E-state index in [0.29, 0.717) is 36.3 Å². The summed E-state index contributed by atoms with van der Waals surface area (Å²) >= 11 is 0. The van der Waals surface area contributed by atoms with Crippen LogP contribution in [0.25, 0.3) is 0 Å². The molecule has 4 rings (SSSR count). The molecule has 2 aliphatic heterocycles. The Morgan fingerprint density at radius 3 is 2.70 bits per heavy atom. The van der Waals surface area contributed by atoms with Gasteiger partial charge in [-0.2, -0.15) is 0 Å². The Morgan fingerprint density at radius 2 is 1.97 bits per heavy atom. The highest BCUT2D eigenvalue weighted by Crippen LogP contribution is 2.41. The van der Waals surface area contributed by atoms with E-state index in [1.54, 1.807) is 35.2 Å². The predicted molar refractivity (Wildman–Crippen MR) is 112 cm³/mol. The Bertz CT molecular complexity index is 969. The van der Waals surface area contributed by atoms with Gasteiger partial charge in [-0.3, -0.25) is 14.4 Å². The molecule has 2 aliphatic rings. The lowest BCUT2D eigenvalue weighted by molar-refractivity contribution is -0.135. The van der Waals surface area contributed by atoms with Gasteiger partial charge in [0.05, 0.1) is 11.7 Å². The van der Waals surface area contributed by atoms with E-state index in [1.807, 2.05) is 11.8 Å². The normalized spacial score (nSPS) is 20.9. The van der Waals surface area contributed by atoms with Gasteiger partial charge in [0.2, 0.25) is 5.91 Å². The van der Waals surface area contributed by atoms with Crippen molar-refractivity contribution in [2.75, 3.05) is 31.5 Å². The smallest absolute Gasteiger partial charge is 0.291 e. The molecule has 0 radical (unpaired) electrons. The maximum Gasteiger partial charge on any atom is 0.291 e. The second-order valence-electron chi connectivity index (χ2n) is 8.21. The fourth-order valence-electron chi connectivity index (χ4n) is 4.57. The molecule has 1 aromatic carbocycles. The van der Waals surface area contributed by atoms with Crippen molar-refractivity contribution in [1.82, 2.24) is 9.80 Å². The van der Waals surface area contributed by atoms with Crippen molar-refractivity contribution in [3.05, 3.63) is 53.5 Å². The molecule has 7 nitrogen and oxygen atoms in total. The lowest BCUT2D eigenvalue weighted by atomic mass is 9.85. The molecule has 158 valence electrons. The van der Waals surface area contributed by atoms with Gasteiger partial charge in [0, 0.05) is 37.4 Å². The summed E-state index contributed by atoms with van der Waals surface area (Å²) in [4.78, 5) is 42.2. The lowest BCUT2D eigenvalue weighted by Gasteiger charge is -2.24. The van der Waals surface area contributed by atoms with Crippen molar-refractivity contribution in [2.45, 2.75) is 33.1 Å². The summed E-state index contributed by atoms with van der Waals surface area (Å²) in [7, 11) is 0. The standard InChI is InChI=1S/C23H27N3O4/c1-3-11-25-12-9-23(22(25)29)10-13-26(15-23)21(28)17-6-4-7-18(16(17)2)24-20(27)19-8-5-14-30-19/h4-8,14H,3,9-13,15H2,1-2H3,(H,24,27). The van der Waals surface area contributed by atoms with Gasteiger partial charge in [0.15, 0.2) is 5.76 Å². The minimum Gasteiger partial charge on any atom is -0.459 e. The van der Waals surface area contributed by atoms with Crippen molar-refractivity contribution < 1.29 is 18.8 Å². The van der Waals surface area contributed by atoms with Gasteiger partial charge < -0.3 is 19.5 Å². The summed E-state index contributed by atoms with van der Waals surface area (Å²) in [5.74, 6) is -0.0552. The number of carbonyl (C=O) groups excluding carboxylic acids is 3. The van der Waals surface area contributed by atoms with Crippen LogP contribution in [0.5, 0.6) is 0 Å². The summed E-state index contributed by atoms with van der Waals surface area (Å²) in [6.07, 6.45) is 3.91. The molecule has 1 aromatic heterocycles. The molecule has 2 fully saturated rings. The summed E-state index contributed by atoms with van der Waals surface area (Å²) < 4.78 is 5.13. The minimum absolute atomic E-state index is 0.0970. The maximum atomic E-state index is 13.3. The first-order valence-corrected chi connectivity index (χ1v) is 10.5. The van der Waals surface area contributed by atoms with Gasteiger partial charge in [-0.15, -0.1) is 0 Å². The highest BCUT2D eigenvalue weighted by molar-refractivity contribution is 6.04. The van der Waals surface area contributed by atoms with Crippen LogP contribution in [0.15, 0.2) is 41.0 Å². The predicted octanol–water partition coefficient (Wildman–Crippen LogP) is 3.31. The number of nitrogens with one attached hydrogen (secondary N) is 1. The van der Waals surface area contributed by atoms with E-state index < -0.39 is 5.41 Å². The largest absolute Gasteiger partial charge is 0.459 e. The Labute approximate surface area is 176 Å². The molecule has 3 amide bonds. The number of rotatable bonds is 5. The van der Waals surface area contributed by atoms with Crippen LogP contribution in [0.1, 0.15) is 52.7 Å². The topological polar surface area (TPSA) is 82.9 Å². The van der Waals surface area contributed by atoms with Crippen LogP contribution in [0.4, 0.5) is 5.69 Å². The monoisotopic (exact) mass is 409 g/mol. The Kier molecular flexibility index (Phi) is 5.37. The molecule has 1 unspecified atom stereocenters. The zero-order chi connectivity index (χ0) is 21.3. The first-order valence-electron chi connectivity index (χ1n) is 10.5. The zero-order valence-corrected chi connectivity index (χ0v) is 17.4. The first-order chi connectivity index (χ1) is 14.4. The lowest BCUT2D eigenvalue weighted by Crippen LogP contribution is -2.38. The van der Waals surface area contributed by atoms with Crippen molar-refractivity contribution in [3.8, 4) is 0 Å². The summed E-state index contributed by atoms with van der Waals surface area (Å²) in [6.45, 7) is 6.50. The second-order valence-corrected chi connectivity index (χ2v) is 8.21. The molecule has 0 aliphatic carbocycles. The zero-order valence-electron chi connectivity index (χ0n) is 17.4. The van der Waals surface area contributed by atoms with Crippen molar-refractivity contribution in [1.29, 1.82) is 0 Å². The summed E-state index contributed by atoms with van der Waals surface area (Å²) in [5, 5.41) is 2.81. The van der Waals surface area contributed by atoms with Crippen LogP contribution in [0.3, 0.4) is 0 Å². The van der Waals surface area contributed by atoms with Gasteiger partial charge >= 0.3 is 0 Å². The van der Waals surface area contributed by atoms with Gasteiger partial charge in [0.1, 0.15) is 0 Å². The number of amides is 3. The number of benzene rings is 1. The van der Waals surface area contributed by atoms with E-state index >= 15 is 0 Å². The number of furan rings is 1. The fourth-order valence-corrected chi connectivity index (χ4v) is 4.57. The number of likely N-dealkylation sites (tertiary alicyclic amines) is 2. The Balaban J connectivity index is 1.49. The van der Waals surface area contributed by atoms with E-state index in [1.165, 1.54) is 6.26 Å². The highest BCUT2D eigenvalue weighted by atomic mass is 16.3. The summed E-state index contributed by atoms with van der Waals surface area (Å²) in [5.41, 5.74) is 1.39. The van der Waals surface area contributed by atoms with E-state index in [2.05, 4.69) is 12.2 Å². The minimum atomic E-state index is -0.427. The Hall–Kier alpha value is -3.09. The van der Waals surface area contributed by atoms with Gasteiger partial charge in [-0.05, 0) is 56.0 Å². The molecule has 7 heteroatoms. The SMILES string of the molecule is CCCN1CCC2(CCN(C(=O)c3cccc(NC(=O)c4ccco4)c3C)C2)C1=O. The van der Waals surface area contributed by atoms with E-state index in [-0.39, 0.29) is 23.5 Å². The third-order valence-corrected chi connectivity index (χ3v) is 6.29. The first kappa shape index (κ1) is 20.2. The van der Waals surface area contributed by atoms with Crippen LogP contribution in [0.2, 0.25) is 0 Å². The molecular weight excluding hydrogens is 382 g/mol. The molecule has 3 heterocycles. The van der Waals surface area contributed by atoms with Crippen molar-refractivity contribution >= 4 is 23.4 Å². The number of anilines is 1. The van der Waals surface area contributed by atoms with Crippen LogP contribution in [0, 0.1) is 12.3 Å². The number of carbonyl (C=O) groups is 3. The van der Waals surface area contributed by atoms with Gasteiger partial charge in [0.25, 0.3) is 11.8 Å². The van der Waals surface area contributed by atoms with Gasteiger partial charge in [-0.25, -0.2) is 0 Å². The third-order valence-electron chi connectivity index (χ3n) is 6.29. The van der Waals surface area contributed by atoms with Crippen molar-refractivity contribution in [2.24, 2.45) is 5.41 Å². The summed E-state index contributed by atoms with van der Waals surface area (Å²) in [6, 6.07) is 8.53. The number of hydrogen-bond donors (Lipinski definition) is 1. The molecule has 30 heavy (non-hydrogen) atoms. The second kappa shape index (κ2) is 7.97. The van der Waals surface area contributed by atoms with E-state index in [0.717, 1.165) is 25.9 Å². The van der Waals surface area contributed by atoms with Gasteiger partial charge in [-0.1, -0.05) is 13.0 Å². The van der Waals surface area contributed by atoms with Crippen LogP contribution in [-0.4, -0.2) is 53.7 Å². The average Bonchev–Trinajstić information content (AvgIpc) is 3.48. The molecule has 1 atom stereocenters. The molecule has 1 spiro atoms. The van der Waals surface area contributed by atoms with E-state index in [4.69, 9.17) is 4.42 Å². The molecular formula is C23H27N3O4. The molecule has 0 bridgehead atoms. The van der Waals surface area contributed by atoms with E-state index in [9.17, 15) is 14.4 Å². The highest BCUT2D eigenvalue weighted by Gasteiger charge is 2.51. The Morgan fingerprint density at radius 1 is 1.17 bits per heavy atom. The number of nitrogens with zero attached hydrogens (tertiary/aromatic N) is 2. The number of hydrogen-bond acceptors (Lipinski definition) is 4. The fraction of sp³-hybridized carbons (Fsp3) is 0.435. The molecule has 2 saturated heterocycles. The molecule has 0 saturated carbocycles. The maximum absolute atomic E-state index is 13.3. The van der Waals surface area contributed by atoms with Crippen molar-refractivity contribution in [3.63, 3.8) is 0 Å². The van der Waals surface area contributed by atoms with Crippen LogP contribution < -0.4 is 5.32 Å². The average molecular weight is 409 g/mol. The third kappa shape index (κ3) is 3.49. The quantitative estimate of drug-likeness (QED) is 0.821.